The van der Waals surface area contributed by atoms with E-state index in [1.807, 2.05) is 18.2 Å². The Morgan fingerprint density at radius 1 is 1.38 bits per heavy atom. The van der Waals surface area contributed by atoms with Crippen LogP contribution in [-0.2, 0) is 6.42 Å². The van der Waals surface area contributed by atoms with Gasteiger partial charge in [0.05, 0.1) is 12.2 Å². The van der Waals surface area contributed by atoms with E-state index in [2.05, 4.69) is 11.1 Å². The molecule has 0 saturated heterocycles. The molecule has 0 saturated carbocycles. The topological polar surface area (TPSA) is 55.6 Å². The largest absolute Gasteiger partial charge is 0.488 e. The molecule has 1 aromatic carbocycles. The van der Waals surface area contributed by atoms with E-state index in [-0.39, 0.29) is 12.0 Å². The maximum absolute atomic E-state index is 12.4. The smallest absolute Gasteiger partial charge is 0.291 e. The summed E-state index contributed by atoms with van der Waals surface area (Å²) in [6.07, 6.45) is 0.808. The highest BCUT2D eigenvalue weighted by molar-refractivity contribution is 5.92. The van der Waals surface area contributed by atoms with Crippen molar-refractivity contribution >= 4 is 5.91 Å². The standard InChI is InChI=1S/C16H18N2O3/c1-10-15(20-11(2)17-10)16(19)18(3)9-13-8-12-6-4-5-7-14(12)21-13/h4-7,13H,8-9H2,1-3H3/t13-/m1/s1. The number of benzene rings is 1. The number of rotatable bonds is 3. The number of aromatic nitrogens is 1. The molecule has 0 N–H and O–H groups in total. The van der Waals surface area contributed by atoms with E-state index in [9.17, 15) is 4.79 Å². The van der Waals surface area contributed by atoms with Gasteiger partial charge in [0.15, 0.2) is 5.89 Å². The molecule has 0 bridgehead atoms. The van der Waals surface area contributed by atoms with Gasteiger partial charge in [-0.3, -0.25) is 4.79 Å². The SMILES string of the molecule is Cc1nc(C)c(C(=O)N(C)C[C@H]2Cc3ccccc3O2)o1. The second kappa shape index (κ2) is 5.24. The van der Waals surface area contributed by atoms with Crippen molar-refractivity contribution in [2.75, 3.05) is 13.6 Å². The van der Waals surface area contributed by atoms with Crippen LogP contribution >= 0.6 is 0 Å². The number of aryl methyl sites for hydroxylation is 2. The van der Waals surface area contributed by atoms with E-state index in [4.69, 9.17) is 9.15 Å². The molecule has 3 rings (SSSR count). The zero-order valence-electron chi connectivity index (χ0n) is 12.4. The summed E-state index contributed by atoms with van der Waals surface area (Å²) in [4.78, 5) is 18.1. The molecular weight excluding hydrogens is 268 g/mol. The molecule has 2 aromatic rings. The first kappa shape index (κ1) is 13.7. The van der Waals surface area contributed by atoms with Crippen molar-refractivity contribution in [3.63, 3.8) is 0 Å². The average Bonchev–Trinajstić information content (AvgIpc) is 3.00. The second-order valence-corrected chi connectivity index (χ2v) is 5.38. The van der Waals surface area contributed by atoms with Gasteiger partial charge in [0.1, 0.15) is 11.9 Å². The summed E-state index contributed by atoms with van der Waals surface area (Å²) in [5.74, 6) is 1.57. The highest BCUT2D eigenvalue weighted by atomic mass is 16.5. The molecule has 0 spiro atoms. The van der Waals surface area contributed by atoms with Crippen molar-refractivity contribution in [1.29, 1.82) is 0 Å². The van der Waals surface area contributed by atoms with Gasteiger partial charge in [0.25, 0.3) is 5.91 Å². The lowest BCUT2D eigenvalue weighted by Crippen LogP contribution is -2.36. The van der Waals surface area contributed by atoms with Crippen LogP contribution in [0.4, 0.5) is 0 Å². The monoisotopic (exact) mass is 286 g/mol. The molecule has 5 heteroatoms. The van der Waals surface area contributed by atoms with Crippen molar-refractivity contribution in [2.24, 2.45) is 0 Å². The van der Waals surface area contributed by atoms with Gasteiger partial charge < -0.3 is 14.1 Å². The number of nitrogens with zero attached hydrogens (tertiary/aromatic N) is 2. The minimum atomic E-state index is -0.160. The Labute approximate surface area is 123 Å². The number of para-hydroxylation sites is 1. The fourth-order valence-electron chi connectivity index (χ4n) is 2.65. The normalized spacial score (nSPS) is 16.4. The first-order chi connectivity index (χ1) is 10.0. The molecular formula is C16H18N2O3. The molecule has 1 aliphatic rings. The molecule has 2 heterocycles. The van der Waals surface area contributed by atoms with Gasteiger partial charge in [-0.15, -0.1) is 0 Å². The molecule has 1 aromatic heterocycles. The zero-order chi connectivity index (χ0) is 15.0. The molecule has 0 aliphatic carbocycles. The lowest BCUT2D eigenvalue weighted by Gasteiger charge is -2.20. The Hall–Kier alpha value is -2.30. The molecule has 0 fully saturated rings. The zero-order valence-corrected chi connectivity index (χ0v) is 12.4. The number of carbonyl (C=O) groups excluding carboxylic acids is 1. The van der Waals surface area contributed by atoms with Crippen LogP contribution in [0.3, 0.4) is 0 Å². The summed E-state index contributed by atoms with van der Waals surface area (Å²) in [6, 6.07) is 7.97. The van der Waals surface area contributed by atoms with Gasteiger partial charge in [-0.1, -0.05) is 18.2 Å². The van der Waals surface area contributed by atoms with E-state index >= 15 is 0 Å². The van der Waals surface area contributed by atoms with E-state index < -0.39 is 0 Å². The molecule has 21 heavy (non-hydrogen) atoms. The molecule has 110 valence electrons. The van der Waals surface area contributed by atoms with Gasteiger partial charge in [0, 0.05) is 20.4 Å². The first-order valence-electron chi connectivity index (χ1n) is 6.98. The molecule has 1 atom stereocenters. The summed E-state index contributed by atoms with van der Waals surface area (Å²) >= 11 is 0. The molecule has 1 amide bonds. The highest BCUT2D eigenvalue weighted by Crippen LogP contribution is 2.28. The number of hydrogen-bond acceptors (Lipinski definition) is 4. The second-order valence-electron chi connectivity index (χ2n) is 5.38. The summed E-state index contributed by atoms with van der Waals surface area (Å²) in [6.45, 7) is 4.03. The van der Waals surface area contributed by atoms with Crippen LogP contribution in [0, 0.1) is 13.8 Å². The number of hydrogen-bond donors (Lipinski definition) is 0. The van der Waals surface area contributed by atoms with Gasteiger partial charge in [-0.25, -0.2) is 4.98 Å². The fraction of sp³-hybridized carbons (Fsp3) is 0.375. The van der Waals surface area contributed by atoms with Crippen molar-refractivity contribution in [3.8, 4) is 5.75 Å². The van der Waals surface area contributed by atoms with E-state index in [0.29, 0.717) is 23.9 Å². The Balaban J connectivity index is 1.66. The number of oxazole rings is 1. The third-order valence-corrected chi connectivity index (χ3v) is 3.64. The number of fused-ring (bicyclic) bond motifs is 1. The third kappa shape index (κ3) is 2.63. The Morgan fingerprint density at radius 3 is 2.81 bits per heavy atom. The Morgan fingerprint density at radius 2 is 2.14 bits per heavy atom. The maximum atomic E-state index is 12.4. The van der Waals surface area contributed by atoms with Gasteiger partial charge >= 0.3 is 0 Å². The molecule has 0 radical (unpaired) electrons. The van der Waals surface area contributed by atoms with Crippen LogP contribution in [0.15, 0.2) is 28.7 Å². The predicted molar refractivity (Wildman–Crippen MR) is 77.5 cm³/mol. The lowest BCUT2D eigenvalue weighted by atomic mass is 10.1. The van der Waals surface area contributed by atoms with Gasteiger partial charge in [-0.2, -0.15) is 0 Å². The number of carbonyl (C=O) groups is 1. The molecule has 0 unspecified atom stereocenters. The van der Waals surface area contributed by atoms with Crippen LogP contribution in [0.2, 0.25) is 0 Å². The third-order valence-electron chi connectivity index (χ3n) is 3.64. The fourth-order valence-corrected chi connectivity index (χ4v) is 2.65. The van der Waals surface area contributed by atoms with Crippen molar-refractivity contribution < 1.29 is 13.9 Å². The molecule has 1 aliphatic heterocycles. The van der Waals surface area contributed by atoms with Crippen LogP contribution in [0.25, 0.3) is 0 Å². The van der Waals surface area contributed by atoms with Crippen molar-refractivity contribution in [2.45, 2.75) is 26.4 Å². The number of likely N-dealkylation sites (N-methyl/N-ethyl adjacent to an activating group) is 1. The highest BCUT2D eigenvalue weighted by Gasteiger charge is 2.27. The quantitative estimate of drug-likeness (QED) is 0.869. The lowest BCUT2D eigenvalue weighted by molar-refractivity contribution is 0.0697. The van der Waals surface area contributed by atoms with Crippen LogP contribution in [-0.4, -0.2) is 35.5 Å². The minimum absolute atomic E-state index is 0.0133. The van der Waals surface area contributed by atoms with Crippen LogP contribution in [0.1, 0.15) is 27.7 Å². The average molecular weight is 286 g/mol. The molecule has 5 nitrogen and oxygen atoms in total. The number of amides is 1. The van der Waals surface area contributed by atoms with E-state index in [1.54, 1.807) is 25.8 Å². The van der Waals surface area contributed by atoms with Gasteiger partial charge in [0.2, 0.25) is 5.76 Å². The van der Waals surface area contributed by atoms with E-state index in [0.717, 1.165) is 12.2 Å². The summed E-state index contributed by atoms with van der Waals surface area (Å²) < 4.78 is 11.2. The Kier molecular flexibility index (Phi) is 3.41. The number of ether oxygens (including phenoxy) is 1. The summed E-state index contributed by atoms with van der Waals surface area (Å²) in [5, 5.41) is 0. The van der Waals surface area contributed by atoms with Crippen molar-refractivity contribution in [3.05, 3.63) is 47.2 Å². The van der Waals surface area contributed by atoms with E-state index in [1.165, 1.54) is 5.56 Å². The minimum Gasteiger partial charge on any atom is -0.488 e. The van der Waals surface area contributed by atoms with Crippen molar-refractivity contribution in [1.82, 2.24) is 9.88 Å². The summed E-state index contributed by atoms with van der Waals surface area (Å²) in [5.41, 5.74) is 1.81. The van der Waals surface area contributed by atoms with Crippen LogP contribution < -0.4 is 4.74 Å². The summed E-state index contributed by atoms with van der Waals surface area (Å²) in [7, 11) is 1.76. The van der Waals surface area contributed by atoms with Gasteiger partial charge in [-0.05, 0) is 18.6 Å². The Bertz CT molecular complexity index is 653. The van der Waals surface area contributed by atoms with Crippen LogP contribution in [0.5, 0.6) is 5.75 Å². The maximum Gasteiger partial charge on any atom is 0.291 e. The first-order valence-corrected chi connectivity index (χ1v) is 6.98. The predicted octanol–water partition coefficient (Wildman–Crippen LogP) is 2.37.